The predicted octanol–water partition coefficient (Wildman–Crippen LogP) is 3.09. The lowest BCUT2D eigenvalue weighted by atomic mass is 10.3. The second-order valence-corrected chi connectivity index (χ2v) is 3.91. The van der Waals surface area contributed by atoms with Gasteiger partial charge in [0.1, 0.15) is 10.8 Å². The molecule has 18 heavy (non-hydrogen) atoms. The highest BCUT2D eigenvalue weighted by molar-refractivity contribution is 6.29. The first-order valence-corrected chi connectivity index (χ1v) is 5.29. The molecular weight excluding hydrogens is 269 g/mol. The number of benzene rings is 1. The molecule has 1 aromatic heterocycles. The van der Waals surface area contributed by atoms with Crippen molar-refractivity contribution < 1.29 is 17.9 Å². The Labute approximate surface area is 106 Å². The van der Waals surface area contributed by atoms with E-state index >= 15 is 0 Å². The summed E-state index contributed by atoms with van der Waals surface area (Å²) >= 11 is 5.84. The average Bonchev–Trinajstić information content (AvgIpc) is 2.65. The topological polar surface area (TPSA) is 27.1 Å². The standard InChI is InChI=1S/C11H8ClF3N2O/c1-18-5-6-2-11(12)17(16-6)10-4-8(14)7(13)3-9(10)15/h2-4H,5H2,1H3. The first-order valence-electron chi connectivity index (χ1n) is 4.91. The fraction of sp³-hybridized carbons (Fsp3) is 0.182. The van der Waals surface area contributed by atoms with E-state index in [1.807, 2.05) is 0 Å². The van der Waals surface area contributed by atoms with Gasteiger partial charge in [-0.1, -0.05) is 11.6 Å². The first-order chi connectivity index (χ1) is 8.52. The molecule has 0 amide bonds. The zero-order valence-electron chi connectivity index (χ0n) is 9.25. The van der Waals surface area contributed by atoms with E-state index in [4.69, 9.17) is 16.3 Å². The SMILES string of the molecule is COCc1cc(Cl)n(-c2cc(F)c(F)cc2F)n1. The number of ether oxygens (including phenoxy) is 1. The molecule has 0 N–H and O–H groups in total. The molecule has 2 aromatic rings. The summed E-state index contributed by atoms with van der Waals surface area (Å²) < 4.78 is 45.2. The number of rotatable bonds is 3. The third kappa shape index (κ3) is 2.34. The van der Waals surface area contributed by atoms with Gasteiger partial charge in [0.2, 0.25) is 0 Å². The highest BCUT2D eigenvalue weighted by Crippen LogP contribution is 2.22. The van der Waals surface area contributed by atoms with E-state index in [1.165, 1.54) is 13.2 Å². The molecule has 0 aliphatic carbocycles. The van der Waals surface area contributed by atoms with Crippen LogP contribution in [0, 0.1) is 17.5 Å². The quantitative estimate of drug-likeness (QED) is 0.806. The second-order valence-electron chi connectivity index (χ2n) is 3.52. The van der Waals surface area contributed by atoms with Crippen LogP contribution in [0.4, 0.5) is 13.2 Å². The monoisotopic (exact) mass is 276 g/mol. The molecule has 0 saturated heterocycles. The van der Waals surface area contributed by atoms with Gasteiger partial charge in [0.25, 0.3) is 0 Å². The maximum Gasteiger partial charge on any atom is 0.161 e. The van der Waals surface area contributed by atoms with Gasteiger partial charge in [-0.05, 0) is 0 Å². The Morgan fingerprint density at radius 1 is 1.17 bits per heavy atom. The molecule has 2 rings (SSSR count). The van der Waals surface area contributed by atoms with E-state index in [-0.39, 0.29) is 17.4 Å². The molecule has 0 aliphatic heterocycles. The molecule has 96 valence electrons. The lowest BCUT2D eigenvalue weighted by molar-refractivity contribution is 0.181. The van der Waals surface area contributed by atoms with E-state index in [1.54, 1.807) is 0 Å². The van der Waals surface area contributed by atoms with Crippen LogP contribution in [0.15, 0.2) is 18.2 Å². The van der Waals surface area contributed by atoms with E-state index < -0.39 is 17.5 Å². The van der Waals surface area contributed by atoms with Crippen LogP contribution in [0.5, 0.6) is 0 Å². The third-order valence-electron chi connectivity index (χ3n) is 2.23. The smallest absolute Gasteiger partial charge is 0.161 e. The van der Waals surface area contributed by atoms with Crippen molar-refractivity contribution in [1.82, 2.24) is 9.78 Å². The van der Waals surface area contributed by atoms with Gasteiger partial charge in [0, 0.05) is 25.3 Å². The largest absolute Gasteiger partial charge is 0.378 e. The number of halogens is 4. The predicted molar refractivity (Wildman–Crippen MR) is 59.2 cm³/mol. The van der Waals surface area contributed by atoms with Crippen LogP contribution in [0.1, 0.15) is 5.69 Å². The third-order valence-corrected chi connectivity index (χ3v) is 2.50. The molecule has 0 fully saturated rings. The van der Waals surface area contributed by atoms with Crippen molar-refractivity contribution in [3.05, 3.63) is 46.5 Å². The van der Waals surface area contributed by atoms with Crippen LogP contribution in [0.2, 0.25) is 5.15 Å². The van der Waals surface area contributed by atoms with Crippen molar-refractivity contribution >= 4 is 11.6 Å². The molecule has 1 aromatic carbocycles. The summed E-state index contributed by atoms with van der Waals surface area (Å²) in [6.07, 6.45) is 0. The van der Waals surface area contributed by atoms with Crippen molar-refractivity contribution in [2.75, 3.05) is 7.11 Å². The molecule has 0 saturated carbocycles. The molecule has 0 atom stereocenters. The molecule has 0 aliphatic rings. The number of hydrogen-bond donors (Lipinski definition) is 0. The summed E-state index contributed by atoms with van der Waals surface area (Å²) in [5.74, 6) is -3.40. The zero-order chi connectivity index (χ0) is 13.3. The number of methoxy groups -OCH3 is 1. The number of nitrogens with zero attached hydrogens (tertiary/aromatic N) is 2. The Hall–Kier alpha value is -1.53. The van der Waals surface area contributed by atoms with E-state index in [9.17, 15) is 13.2 Å². The van der Waals surface area contributed by atoms with Crippen LogP contribution in [-0.4, -0.2) is 16.9 Å². The lowest BCUT2D eigenvalue weighted by Crippen LogP contribution is -2.03. The van der Waals surface area contributed by atoms with E-state index in [0.29, 0.717) is 17.8 Å². The van der Waals surface area contributed by atoms with Gasteiger partial charge in [-0.25, -0.2) is 17.9 Å². The minimum absolute atomic E-state index is 0.0759. The molecule has 7 heteroatoms. The maximum absolute atomic E-state index is 13.5. The Bertz CT molecular complexity index is 586. The summed E-state index contributed by atoms with van der Waals surface area (Å²) in [4.78, 5) is 0. The second kappa shape index (κ2) is 4.99. The van der Waals surface area contributed by atoms with Gasteiger partial charge in [-0.2, -0.15) is 5.10 Å². The number of aromatic nitrogens is 2. The zero-order valence-corrected chi connectivity index (χ0v) is 10.0. The Kier molecular flexibility index (Phi) is 3.58. The van der Waals surface area contributed by atoms with Crippen molar-refractivity contribution in [2.45, 2.75) is 6.61 Å². The van der Waals surface area contributed by atoms with Gasteiger partial charge in [0.15, 0.2) is 17.5 Å². The van der Waals surface area contributed by atoms with Gasteiger partial charge >= 0.3 is 0 Å². The highest BCUT2D eigenvalue weighted by Gasteiger charge is 2.15. The summed E-state index contributed by atoms with van der Waals surface area (Å²) in [7, 11) is 1.46. The highest BCUT2D eigenvalue weighted by atomic mass is 35.5. The van der Waals surface area contributed by atoms with Crippen molar-refractivity contribution in [3.63, 3.8) is 0 Å². The number of hydrogen-bond acceptors (Lipinski definition) is 2. The minimum atomic E-state index is -1.27. The van der Waals surface area contributed by atoms with E-state index in [2.05, 4.69) is 5.10 Å². The van der Waals surface area contributed by atoms with Gasteiger partial charge < -0.3 is 4.74 Å². The van der Waals surface area contributed by atoms with Gasteiger partial charge in [-0.3, -0.25) is 0 Å². The summed E-state index contributed by atoms with van der Waals surface area (Å²) in [6, 6.07) is 2.59. The molecule has 0 bridgehead atoms. The molecule has 0 unspecified atom stereocenters. The van der Waals surface area contributed by atoms with Gasteiger partial charge in [0.05, 0.1) is 12.3 Å². The molecular formula is C11H8ClF3N2O. The van der Waals surface area contributed by atoms with Gasteiger partial charge in [-0.15, -0.1) is 0 Å². The fourth-order valence-corrected chi connectivity index (χ4v) is 1.72. The Morgan fingerprint density at radius 3 is 2.50 bits per heavy atom. The molecule has 1 heterocycles. The minimum Gasteiger partial charge on any atom is -0.378 e. The summed E-state index contributed by atoms with van der Waals surface area (Å²) in [6.45, 7) is 0.179. The van der Waals surface area contributed by atoms with Crippen molar-refractivity contribution in [2.24, 2.45) is 0 Å². The summed E-state index contributed by atoms with van der Waals surface area (Å²) in [5, 5.41) is 4.01. The fourth-order valence-electron chi connectivity index (χ4n) is 1.47. The Balaban J connectivity index is 2.51. The van der Waals surface area contributed by atoms with Crippen LogP contribution in [-0.2, 0) is 11.3 Å². The molecule has 3 nitrogen and oxygen atoms in total. The van der Waals surface area contributed by atoms with E-state index in [0.717, 1.165) is 4.68 Å². The van der Waals surface area contributed by atoms with Crippen LogP contribution < -0.4 is 0 Å². The van der Waals surface area contributed by atoms with Crippen molar-refractivity contribution in [3.8, 4) is 5.69 Å². The molecule has 0 radical (unpaired) electrons. The molecule has 0 spiro atoms. The first kappa shape index (κ1) is 12.9. The van der Waals surface area contributed by atoms with Crippen molar-refractivity contribution in [1.29, 1.82) is 0 Å². The average molecular weight is 277 g/mol. The van der Waals surface area contributed by atoms with Crippen LogP contribution >= 0.6 is 11.6 Å². The summed E-state index contributed by atoms with van der Waals surface area (Å²) in [5.41, 5.74) is 0.188. The van der Waals surface area contributed by atoms with Crippen LogP contribution in [0.3, 0.4) is 0 Å². The Morgan fingerprint density at radius 2 is 1.83 bits per heavy atom. The maximum atomic E-state index is 13.5. The normalized spacial score (nSPS) is 10.9. The van der Waals surface area contributed by atoms with Crippen LogP contribution in [0.25, 0.3) is 5.69 Å². The lowest BCUT2D eigenvalue weighted by Gasteiger charge is -2.05.